The Morgan fingerprint density at radius 1 is 1.08 bits per heavy atom. The summed E-state index contributed by atoms with van der Waals surface area (Å²) in [4.78, 5) is 12.5. The molecular weight excluding hydrogens is 326 g/mol. The first-order valence-electron chi connectivity index (χ1n) is 10.2. The monoisotopic (exact) mass is 361 g/mol. The van der Waals surface area contributed by atoms with Crippen LogP contribution in [-0.4, -0.2) is 22.2 Å². The van der Waals surface area contributed by atoms with Crippen molar-refractivity contribution in [3.05, 3.63) is 23.3 Å². The topological polar surface area (TPSA) is 69.6 Å². The Labute approximate surface area is 158 Å². The number of hydrogen-bond acceptors (Lipinski definition) is 3. The highest BCUT2D eigenvalue weighted by atomic mass is 16.3. The summed E-state index contributed by atoms with van der Waals surface area (Å²) < 4.78 is 0. The first-order chi connectivity index (χ1) is 12.3. The van der Waals surface area contributed by atoms with Crippen LogP contribution in [0.15, 0.2) is 12.1 Å². The maximum Gasteiger partial charge on any atom is 0.259 e. The lowest BCUT2D eigenvalue weighted by Gasteiger charge is -2.27. The predicted octanol–water partition coefficient (Wildman–Crippen LogP) is 5.41. The molecule has 4 heteroatoms. The van der Waals surface area contributed by atoms with E-state index >= 15 is 0 Å². The zero-order chi connectivity index (χ0) is 19.2. The fraction of sp³-hybridized carbons (Fsp3) is 0.682. The van der Waals surface area contributed by atoms with Gasteiger partial charge in [-0.25, -0.2) is 0 Å². The third-order valence-electron chi connectivity index (χ3n) is 5.70. The van der Waals surface area contributed by atoms with E-state index in [9.17, 15) is 15.0 Å². The predicted molar refractivity (Wildman–Crippen MR) is 106 cm³/mol. The molecule has 1 amide bonds. The molecule has 0 heterocycles. The Morgan fingerprint density at radius 3 is 2.27 bits per heavy atom. The van der Waals surface area contributed by atoms with E-state index in [1.54, 1.807) is 12.1 Å². The summed E-state index contributed by atoms with van der Waals surface area (Å²) in [5.74, 6) is -0.635. The molecule has 1 aliphatic rings. The van der Waals surface area contributed by atoms with E-state index in [0.717, 1.165) is 44.1 Å². The molecule has 0 bridgehead atoms. The summed E-state index contributed by atoms with van der Waals surface area (Å²) in [6.45, 7) is 6.43. The largest absolute Gasteiger partial charge is 0.507 e. The van der Waals surface area contributed by atoms with Gasteiger partial charge in [0, 0.05) is 6.04 Å². The second-order valence-corrected chi connectivity index (χ2v) is 8.39. The summed E-state index contributed by atoms with van der Waals surface area (Å²) >= 11 is 0. The number of amides is 1. The number of carbonyl (C=O) groups is 1. The molecule has 4 nitrogen and oxygen atoms in total. The van der Waals surface area contributed by atoms with Gasteiger partial charge in [-0.1, -0.05) is 65.7 Å². The van der Waals surface area contributed by atoms with Gasteiger partial charge in [0.2, 0.25) is 0 Å². The van der Waals surface area contributed by atoms with Gasteiger partial charge >= 0.3 is 0 Å². The standard InChI is InChI=1S/C22H35NO3/c1-4-5-6-10-13-22(2,3)16-14-18(24)20(19(25)15-16)21(26)23-17-11-8-7-9-12-17/h14-15,17,24-25H,4-13H2,1-3H3,(H,23,26). The van der Waals surface area contributed by atoms with Crippen molar-refractivity contribution < 1.29 is 15.0 Å². The van der Waals surface area contributed by atoms with Crippen molar-refractivity contribution >= 4 is 5.91 Å². The average molecular weight is 362 g/mol. The molecule has 0 spiro atoms. The van der Waals surface area contributed by atoms with E-state index in [1.165, 1.54) is 25.7 Å². The number of rotatable bonds is 8. The molecule has 2 rings (SSSR count). The van der Waals surface area contributed by atoms with Crippen LogP contribution in [0.25, 0.3) is 0 Å². The fourth-order valence-electron chi connectivity index (χ4n) is 3.88. The third-order valence-corrected chi connectivity index (χ3v) is 5.70. The lowest BCUT2D eigenvalue weighted by atomic mass is 9.79. The van der Waals surface area contributed by atoms with Crippen LogP contribution in [0.2, 0.25) is 0 Å². The van der Waals surface area contributed by atoms with E-state index in [1.807, 2.05) is 0 Å². The maximum atomic E-state index is 12.5. The van der Waals surface area contributed by atoms with Crippen molar-refractivity contribution in [3.63, 3.8) is 0 Å². The summed E-state index contributed by atoms with van der Waals surface area (Å²) in [6.07, 6.45) is 11.1. The number of hydrogen-bond donors (Lipinski definition) is 3. The van der Waals surface area contributed by atoms with Crippen LogP contribution in [0.1, 0.15) is 101 Å². The fourth-order valence-corrected chi connectivity index (χ4v) is 3.88. The molecule has 0 radical (unpaired) electrons. The molecule has 1 saturated carbocycles. The third kappa shape index (κ3) is 5.39. The van der Waals surface area contributed by atoms with Gasteiger partial charge in [-0.2, -0.15) is 0 Å². The normalized spacial score (nSPS) is 15.8. The molecule has 0 saturated heterocycles. The van der Waals surface area contributed by atoms with Crippen LogP contribution in [0.5, 0.6) is 11.5 Å². The highest BCUT2D eigenvalue weighted by Crippen LogP contribution is 2.37. The Balaban J connectivity index is 2.09. The lowest BCUT2D eigenvalue weighted by molar-refractivity contribution is 0.0922. The number of aromatic hydroxyl groups is 2. The van der Waals surface area contributed by atoms with Crippen molar-refractivity contribution in [1.29, 1.82) is 0 Å². The van der Waals surface area contributed by atoms with Crippen molar-refractivity contribution in [2.45, 2.75) is 96.4 Å². The van der Waals surface area contributed by atoms with Crippen LogP contribution in [0.4, 0.5) is 0 Å². The summed E-state index contributed by atoms with van der Waals surface area (Å²) in [5.41, 5.74) is 0.723. The van der Waals surface area contributed by atoms with Crippen LogP contribution in [-0.2, 0) is 5.41 Å². The number of phenolic OH excluding ortho intramolecular Hbond substituents is 2. The lowest BCUT2D eigenvalue weighted by Crippen LogP contribution is -2.36. The molecular formula is C22H35NO3. The van der Waals surface area contributed by atoms with Crippen molar-refractivity contribution in [2.24, 2.45) is 0 Å². The zero-order valence-electron chi connectivity index (χ0n) is 16.6. The molecule has 0 aromatic heterocycles. The smallest absolute Gasteiger partial charge is 0.259 e. The van der Waals surface area contributed by atoms with Crippen molar-refractivity contribution in [1.82, 2.24) is 5.32 Å². The summed E-state index contributed by atoms with van der Waals surface area (Å²) in [5, 5.41) is 23.8. The highest BCUT2D eigenvalue weighted by molar-refractivity contribution is 5.99. The minimum absolute atomic E-state index is 0.00102. The van der Waals surface area contributed by atoms with E-state index in [0.29, 0.717) is 0 Å². The van der Waals surface area contributed by atoms with E-state index in [4.69, 9.17) is 0 Å². The number of benzene rings is 1. The average Bonchev–Trinajstić information content (AvgIpc) is 2.59. The molecule has 3 N–H and O–H groups in total. The molecule has 1 aromatic rings. The number of nitrogens with one attached hydrogen (secondary N) is 1. The number of carbonyl (C=O) groups excluding carboxylic acids is 1. The SMILES string of the molecule is CCCCCCC(C)(C)c1cc(O)c(C(=O)NC2CCCCC2)c(O)c1. The van der Waals surface area contributed by atoms with Gasteiger partial charge in [-0.3, -0.25) is 4.79 Å². The van der Waals surface area contributed by atoms with Crippen LogP contribution in [0, 0.1) is 0 Å². The second kappa shape index (κ2) is 9.29. The first kappa shape index (κ1) is 20.6. The quantitative estimate of drug-likeness (QED) is 0.542. The number of unbranched alkanes of at least 4 members (excludes halogenated alkanes) is 3. The van der Waals surface area contributed by atoms with Gasteiger partial charge < -0.3 is 15.5 Å². The summed E-state index contributed by atoms with van der Waals surface area (Å²) in [7, 11) is 0. The van der Waals surface area contributed by atoms with Crippen LogP contribution in [0.3, 0.4) is 0 Å². The first-order valence-corrected chi connectivity index (χ1v) is 10.2. The Bertz CT molecular complexity index is 580. The Hall–Kier alpha value is -1.71. The molecule has 26 heavy (non-hydrogen) atoms. The van der Waals surface area contributed by atoms with Gasteiger partial charge in [0.1, 0.15) is 17.1 Å². The van der Waals surface area contributed by atoms with Crippen molar-refractivity contribution in [2.75, 3.05) is 0 Å². The van der Waals surface area contributed by atoms with Gasteiger partial charge in [0.25, 0.3) is 5.91 Å². The molecule has 0 unspecified atom stereocenters. The van der Waals surface area contributed by atoms with Gasteiger partial charge in [-0.05, 0) is 42.4 Å². The number of phenols is 2. The van der Waals surface area contributed by atoms with E-state index in [2.05, 4.69) is 26.1 Å². The summed E-state index contributed by atoms with van der Waals surface area (Å²) in [6, 6.07) is 3.44. The molecule has 1 fully saturated rings. The second-order valence-electron chi connectivity index (χ2n) is 8.39. The molecule has 1 aliphatic carbocycles. The van der Waals surface area contributed by atoms with Crippen molar-refractivity contribution in [3.8, 4) is 11.5 Å². The Morgan fingerprint density at radius 2 is 1.69 bits per heavy atom. The van der Waals surface area contributed by atoms with E-state index in [-0.39, 0.29) is 34.4 Å². The van der Waals surface area contributed by atoms with Crippen LogP contribution >= 0.6 is 0 Å². The molecule has 0 aliphatic heterocycles. The van der Waals surface area contributed by atoms with Gasteiger partial charge in [-0.15, -0.1) is 0 Å². The maximum absolute atomic E-state index is 12.5. The minimum atomic E-state index is -0.376. The minimum Gasteiger partial charge on any atom is -0.507 e. The molecule has 146 valence electrons. The zero-order valence-corrected chi connectivity index (χ0v) is 16.6. The molecule has 1 aromatic carbocycles. The van der Waals surface area contributed by atoms with Crippen LogP contribution < -0.4 is 5.32 Å². The Kier molecular flexibility index (Phi) is 7.36. The van der Waals surface area contributed by atoms with Gasteiger partial charge in [0.15, 0.2) is 0 Å². The van der Waals surface area contributed by atoms with Gasteiger partial charge in [0.05, 0.1) is 0 Å². The highest BCUT2D eigenvalue weighted by Gasteiger charge is 2.26. The molecule has 0 atom stereocenters. The van der Waals surface area contributed by atoms with E-state index < -0.39 is 0 Å².